The first kappa shape index (κ1) is 19.0. The topological polar surface area (TPSA) is 71.6 Å². The van der Waals surface area contributed by atoms with Crippen molar-refractivity contribution in [2.75, 3.05) is 0 Å². The van der Waals surface area contributed by atoms with Crippen molar-refractivity contribution in [3.63, 3.8) is 0 Å². The summed E-state index contributed by atoms with van der Waals surface area (Å²) < 4.78 is 1.74. The van der Waals surface area contributed by atoms with E-state index in [-0.39, 0.29) is 11.4 Å². The van der Waals surface area contributed by atoms with Gasteiger partial charge in [-0.25, -0.2) is 4.68 Å². The van der Waals surface area contributed by atoms with Gasteiger partial charge in [0.15, 0.2) is 0 Å². The smallest absolute Gasteiger partial charge is 0.203 e. The van der Waals surface area contributed by atoms with Crippen LogP contribution in [-0.4, -0.2) is 20.5 Å². The molecule has 2 aromatic heterocycles. The van der Waals surface area contributed by atoms with Gasteiger partial charge in [-0.3, -0.25) is 9.78 Å². The molecule has 0 aliphatic rings. The Morgan fingerprint density at radius 1 is 1.03 bits per heavy atom. The summed E-state index contributed by atoms with van der Waals surface area (Å²) in [6.45, 7) is 1.91. The molecule has 0 fully saturated rings. The molecule has 0 atom stereocenters. The molecule has 0 N–H and O–H groups in total. The molecule has 30 heavy (non-hydrogen) atoms. The quantitative estimate of drug-likeness (QED) is 0.272. The van der Waals surface area contributed by atoms with Crippen molar-refractivity contribution in [2.45, 2.75) is 6.92 Å². The minimum Gasteiger partial charge on any atom is -0.288 e. The first-order valence-corrected chi connectivity index (χ1v) is 9.44. The number of nitrogens with zero attached hydrogens (tertiary/aromatic N) is 4. The number of aryl methyl sites for hydroxylation is 1. The third-order valence-corrected chi connectivity index (χ3v) is 4.66. The highest BCUT2D eigenvalue weighted by atomic mass is 16.1. The van der Waals surface area contributed by atoms with Gasteiger partial charge in [0.05, 0.1) is 5.69 Å². The molecule has 0 unspecified atom stereocenters. The number of carbonyl (C=O) groups excluding carboxylic acids is 1. The van der Waals surface area contributed by atoms with Gasteiger partial charge in [0, 0.05) is 35.3 Å². The lowest BCUT2D eigenvalue weighted by atomic mass is 10.00. The monoisotopic (exact) mass is 390 g/mol. The van der Waals surface area contributed by atoms with E-state index >= 15 is 0 Å². The second-order valence-electron chi connectivity index (χ2n) is 6.82. The number of Topliss-reactive ketones (excluding diaryl/α,β-unsaturated/α-hetero) is 1. The molecule has 144 valence electrons. The number of nitriles is 1. The van der Waals surface area contributed by atoms with Crippen LogP contribution in [0.25, 0.3) is 23.0 Å². The second kappa shape index (κ2) is 8.38. The van der Waals surface area contributed by atoms with Crippen LogP contribution in [0.4, 0.5) is 0 Å². The summed E-state index contributed by atoms with van der Waals surface area (Å²) in [7, 11) is 0. The second-order valence-corrected chi connectivity index (χ2v) is 6.82. The molecule has 0 spiro atoms. The highest BCUT2D eigenvalue weighted by molar-refractivity contribution is 6.14. The number of para-hydroxylation sites is 1. The van der Waals surface area contributed by atoms with Crippen molar-refractivity contribution in [2.24, 2.45) is 0 Å². The van der Waals surface area contributed by atoms with E-state index in [2.05, 4.69) is 11.1 Å². The molecule has 2 heterocycles. The number of allylic oxidation sites excluding steroid dienone is 1. The third kappa shape index (κ3) is 3.94. The van der Waals surface area contributed by atoms with Crippen LogP contribution in [0.1, 0.15) is 21.5 Å². The maximum absolute atomic E-state index is 12.9. The van der Waals surface area contributed by atoms with Gasteiger partial charge >= 0.3 is 0 Å². The molecule has 0 saturated carbocycles. The number of benzene rings is 2. The molecule has 0 aliphatic carbocycles. The van der Waals surface area contributed by atoms with Gasteiger partial charge in [-0.15, -0.1) is 0 Å². The summed E-state index contributed by atoms with van der Waals surface area (Å²) >= 11 is 0. The van der Waals surface area contributed by atoms with Crippen LogP contribution in [-0.2, 0) is 0 Å². The summed E-state index contributed by atoms with van der Waals surface area (Å²) in [6.07, 6.45) is 6.81. The molecule has 5 nitrogen and oxygen atoms in total. The number of hydrogen-bond acceptors (Lipinski definition) is 4. The minimum atomic E-state index is -0.311. The summed E-state index contributed by atoms with van der Waals surface area (Å²) in [4.78, 5) is 17.0. The predicted octanol–water partition coefficient (Wildman–Crippen LogP) is 5.03. The standard InChI is InChI=1S/C25H18N4O/c1-18-6-5-7-20(14-18)25(30)21(16-26)15-22-17-29(23-8-3-2-4-9-23)28-24(22)19-10-12-27-13-11-19/h2-15,17H,1H3/b21-15+. The van der Waals surface area contributed by atoms with E-state index in [1.54, 1.807) is 35.3 Å². The van der Waals surface area contributed by atoms with Crippen molar-refractivity contribution < 1.29 is 4.79 Å². The van der Waals surface area contributed by atoms with Crippen LogP contribution in [0.3, 0.4) is 0 Å². The first-order valence-electron chi connectivity index (χ1n) is 9.44. The number of carbonyl (C=O) groups is 1. The lowest BCUT2D eigenvalue weighted by Gasteiger charge is -2.02. The maximum Gasteiger partial charge on any atom is 0.203 e. The highest BCUT2D eigenvalue weighted by Crippen LogP contribution is 2.26. The van der Waals surface area contributed by atoms with Crippen LogP contribution >= 0.6 is 0 Å². The van der Waals surface area contributed by atoms with Crippen LogP contribution in [0.15, 0.2) is 90.9 Å². The molecule has 4 aromatic rings. The summed E-state index contributed by atoms with van der Waals surface area (Å²) in [6, 6.07) is 22.7. The number of hydrogen-bond donors (Lipinski definition) is 0. The fourth-order valence-corrected chi connectivity index (χ4v) is 3.19. The predicted molar refractivity (Wildman–Crippen MR) is 116 cm³/mol. The molecule has 0 saturated heterocycles. The fourth-order valence-electron chi connectivity index (χ4n) is 3.19. The molecular formula is C25H18N4O. The van der Waals surface area contributed by atoms with Gasteiger partial charge < -0.3 is 0 Å². The zero-order chi connectivity index (χ0) is 20.9. The summed E-state index contributed by atoms with van der Waals surface area (Å²) in [5.41, 5.74) is 4.61. The Labute approximate surface area is 174 Å². The maximum atomic E-state index is 12.9. The molecule has 0 bridgehead atoms. The Hall–Kier alpha value is -4.30. The van der Waals surface area contributed by atoms with E-state index in [1.807, 2.05) is 67.7 Å². The average Bonchev–Trinajstić information content (AvgIpc) is 3.22. The van der Waals surface area contributed by atoms with Gasteiger partial charge in [-0.05, 0) is 43.3 Å². The largest absolute Gasteiger partial charge is 0.288 e. The molecule has 0 aliphatic heterocycles. The minimum absolute atomic E-state index is 0.0588. The van der Waals surface area contributed by atoms with E-state index < -0.39 is 0 Å². The SMILES string of the molecule is Cc1cccc(C(=O)/C(C#N)=C/c2cn(-c3ccccc3)nc2-c2ccncc2)c1. The average molecular weight is 390 g/mol. The van der Waals surface area contributed by atoms with Gasteiger partial charge in [-0.1, -0.05) is 42.0 Å². The summed E-state index contributed by atoms with van der Waals surface area (Å²) in [5.74, 6) is -0.311. The third-order valence-electron chi connectivity index (χ3n) is 4.66. The molecule has 4 rings (SSSR count). The lowest BCUT2D eigenvalue weighted by Crippen LogP contribution is -2.02. The Bertz CT molecular complexity index is 1270. The first-order chi connectivity index (χ1) is 14.7. The Morgan fingerprint density at radius 2 is 1.80 bits per heavy atom. The van der Waals surface area contributed by atoms with Gasteiger partial charge in [-0.2, -0.15) is 10.4 Å². The molecule has 2 aromatic carbocycles. The Balaban J connectivity index is 1.83. The molecular weight excluding hydrogens is 372 g/mol. The van der Waals surface area contributed by atoms with E-state index in [9.17, 15) is 10.1 Å². The highest BCUT2D eigenvalue weighted by Gasteiger charge is 2.16. The molecule has 0 radical (unpaired) electrons. The Kier molecular flexibility index (Phi) is 5.31. The molecule has 0 amide bonds. The van der Waals surface area contributed by atoms with Crippen LogP contribution < -0.4 is 0 Å². The number of ketones is 1. The van der Waals surface area contributed by atoms with E-state index in [0.29, 0.717) is 16.8 Å². The van der Waals surface area contributed by atoms with E-state index in [0.717, 1.165) is 16.8 Å². The van der Waals surface area contributed by atoms with Gasteiger partial charge in [0.25, 0.3) is 0 Å². The van der Waals surface area contributed by atoms with E-state index in [1.165, 1.54) is 0 Å². The zero-order valence-corrected chi connectivity index (χ0v) is 16.4. The van der Waals surface area contributed by atoms with Crippen molar-refractivity contribution in [3.8, 4) is 23.0 Å². The number of aromatic nitrogens is 3. The van der Waals surface area contributed by atoms with Crippen LogP contribution in [0, 0.1) is 18.3 Å². The normalized spacial score (nSPS) is 11.1. The van der Waals surface area contributed by atoms with Crippen molar-refractivity contribution in [1.82, 2.24) is 14.8 Å². The Morgan fingerprint density at radius 3 is 2.50 bits per heavy atom. The summed E-state index contributed by atoms with van der Waals surface area (Å²) in [5, 5.41) is 14.4. The zero-order valence-electron chi connectivity index (χ0n) is 16.4. The lowest BCUT2D eigenvalue weighted by molar-refractivity contribution is 0.104. The van der Waals surface area contributed by atoms with Crippen molar-refractivity contribution in [3.05, 3.63) is 108 Å². The van der Waals surface area contributed by atoms with Crippen molar-refractivity contribution in [1.29, 1.82) is 5.26 Å². The van der Waals surface area contributed by atoms with Crippen LogP contribution in [0.5, 0.6) is 0 Å². The van der Waals surface area contributed by atoms with Gasteiger partial charge in [0.2, 0.25) is 5.78 Å². The van der Waals surface area contributed by atoms with Crippen LogP contribution in [0.2, 0.25) is 0 Å². The van der Waals surface area contributed by atoms with Gasteiger partial charge in [0.1, 0.15) is 17.3 Å². The van der Waals surface area contributed by atoms with Crippen molar-refractivity contribution >= 4 is 11.9 Å². The number of rotatable bonds is 5. The number of pyridine rings is 1. The fraction of sp³-hybridized carbons (Fsp3) is 0.0400. The van der Waals surface area contributed by atoms with E-state index in [4.69, 9.17) is 5.10 Å². The molecule has 5 heteroatoms.